The van der Waals surface area contributed by atoms with Crippen LogP contribution in [-0.2, 0) is 4.79 Å². The van der Waals surface area contributed by atoms with Crippen LogP contribution < -0.4 is 10.9 Å². The number of carbonyl (C=O) groups is 1. The lowest BCUT2D eigenvalue weighted by Crippen LogP contribution is -2.35. The maximum atomic E-state index is 10.9. The second kappa shape index (κ2) is 3.89. The van der Waals surface area contributed by atoms with Crippen LogP contribution in [0.4, 0.5) is 5.69 Å². The van der Waals surface area contributed by atoms with Crippen LogP contribution in [0.5, 0.6) is 0 Å². The van der Waals surface area contributed by atoms with Crippen LogP contribution in [0, 0.1) is 6.92 Å². The van der Waals surface area contributed by atoms with Gasteiger partial charge in [-0.15, -0.1) is 0 Å². The first-order valence-electron chi connectivity index (χ1n) is 3.84. The first-order valence-corrected chi connectivity index (χ1v) is 4.63. The predicted molar refractivity (Wildman–Crippen MR) is 56.2 cm³/mol. The number of rotatable bonds is 1. The summed E-state index contributed by atoms with van der Waals surface area (Å²) < 4.78 is 1.01. The first-order chi connectivity index (χ1) is 6.02. The molecule has 0 fully saturated rings. The molecule has 0 aliphatic rings. The average Bonchev–Trinajstić information content (AvgIpc) is 2.08. The van der Waals surface area contributed by atoms with Gasteiger partial charge in [0.15, 0.2) is 0 Å². The Bertz CT molecular complexity index is 338. The summed E-state index contributed by atoms with van der Waals surface area (Å²) in [5, 5.41) is 1.12. The number of carbonyl (C=O) groups excluding carboxylic acids is 1. The zero-order chi connectivity index (χ0) is 10.0. The number of benzene rings is 1. The maximum absolute atomic E-state index is 10.9. The third-order valence-corrected chi connectivity index (χ3v) is 2.65. The van der Waals surface area contributed by atoms with E-state index in [4.69, 9.17) is 5.84 Å². The quantitative estimate of drug-likeness (QED) is 0.465. The minimum atomic E-state index is -0.179. The Balaban J connectivity index is 3.03. The third-order valence-electron chi connectivity index (χ3n) is 1.76. The van der Waals surface area contributed by atoms with Crippen molar-refractivity contribution >= 4 is 27.5 Å². The molecule has 0 atom stereocenters. The molecule has 4 heteroatoms. The molecule has 0 saturated carbocycles. The molecule has 1 rings (SSSR count). The van der Waals surface area contributed by atoms with E-state index in [1.54, 1.807) is 6.07 Å². The zero-order valence-corrected chi connectivity index (χ0v) is 9.13. The number of amides is 1. The van der Waals surface area contributed by atoms with E-state index in [0.717, 1.165) is 15.0 Å². The summed E-state index contributed by atoms with van der Waals surface area (Å²) in [6.07, 6.45) is 0. The Kier molecular flexibility index (Phi) is 3.06. The molecule has 1 amide bonds. The van der Waals surface area contributed by atoms with Crippen molar-refractivity contribution in [1.29, 1.82) is 0 Å². The summed E-state index contributed by atoms with van der Waals surface area (Å²) in [7, 11) is 0. The monoisotopic (exact) mass is 242 g/mol. The van der Waals surface area contributed by atoms with Crippen LogP contribution in [0.3, 0.4) is 0 Å². The lowest BCUT2D eigenvalue weighted by atomic mass is 10.2. The van der Waals surface area contributed by atoms with Gasteiger partial charge in [-0.2, -0.15) is 0 Å². The van der Waals surface area contributed by atoms with E-state index in [1.807, 2.05) is 19.1 Å². The molecule has 1 aromatic carbocycles. The summed E-state index contributed by atoms with van der Waals surface area (Å²) in [6.45, 7) is 3.37. The first kappa shape index (κ1) is 10.2. The lowest BCUT2D eigenvalue weighted by molar-refractivity contribution is -0.116. The highest BCUT2D eigenvalue weighted by atomic mass is 79.9. The van der Waals surface area contributed by atoms with Crippen molar-refractivity contribution in [3.05, 3.63) is 28.2 Å². The van der Waals surface area contributed by atoms with Crippen molar-refractivity contribution in [3.8, 4) is 0 Å². The van der Waals surface area contributed by atoms with Gasteiger partial charge in [0.1, 0.15) is 0 Å². The molecular weight excluding hydrogens is 232 g/mol. The van der Waals surface area contributed by atoms with Gasteiger partial charge in [0.05, 0.1) is 5.69 Å². The van der Waals surface area contributed by atoms with Crippen LogP contribution >= 0.6 is 15.9 Å². The highest BCUT2D eigenvalue weighted by Gasteiger charge is 2.06. The summed E-state index contributed by atoms with van der Waals surface area (Å²) in [5.74, 6) is 5.35. The van der Waals surface area contributed by atoms with Gasteiger partial charge in [0.25, 0.3) is 0 Å². The molecule has 0 aliphatic heterocycles. The van der Waals surface area contributed by atoms with Crippen LogP contribution in [0.2, 0.25) is 0 Å². The van der Waals surface area contributed by atoms with E-state index in [9.17, 15) is 4.79 Å². The topological polar surface area (TPSA) is 46.3 Å². The number of hydrazine groups is 1. The summed E-state index contributed by atoms with van der Waals surface area (Å²) >= 11 is 3.37. The molecule has 0 radical (unpaired) electrons. The van der Waals surface area contributed by atoms with E-state index in [0.29, 0.717) is 5.69 Å². The summed E-state index contributed by atoms with van der Waals surface area (Å²) in [4.78, 5) is 10.9. The molecule has 1 aromatic rings. The van der Waals surface area contributed by atoms with Crippen molar-refractivity contribution in [1.82, 2.24) is 0 Å². The van der Waals surface area contributed by atoms with Crippen LogP contribution in [0.25, 0.3) is 0 Å². The van der Waals surface area contributed by atoms with Crippen LogP contribution in [-0.4, -0.2) is 5.91 Å². The zero-order valence-electron chi connectivity index (χ0n) is 7.54. The van der Waals surface area contributed by atoms with Crippen molar-refractivity contribution < 1.29 is 4.79 Å². The third kappa shape index (κ3) is 2.29. The minimum Gasteiger partial charge on any atom is -0.273 e. The van der Waals surface area contributed by atoms with Crippen molar-refractivity contribution in [2.75, 3.05) is 5.01 Å². The SMILES string of the molecule is CC(=O)N(N)c1ccc(Br)c(C)c1. The molecule has 0 bridgehead atoms. The Hall–Kier alpha value is -0.870. The van der Waals surface area contributed by atoms with E-state index in [2.05, 4.69) is 15.9 Å². The second-order valence-corrected chi connectivity index (χ2v) is 3.68. The van der Waals surface area contributed by atoms with Gasteiger partial charge in [0.2, 0.25) is 5.91 Å². The molecule has 13 heavy (non-hydrogen) atoms. The van der Waals surface area contributed by atoms with E-state index in [-0.39, 0.29) is 5.91 Å². The number of anilines is 1. The number of nitrogens with zero attached hydrogens (tertiary/aromatic N) is 1. The van der Waals surface area contributed by atoms with Gasteiger partial charge >= 0.3 is 0 Å². The van der Waals surface area contributed by atoms with Gasteiger partial charge in [-0.25, -0.2) is 10.9 Å². The van der Waals surface area contributed by atoms with Gasteiger partial charge in [0, 0.05) is 11.4 Å². The summed E-state index contributed by atoms with van der Waals surface area (Å²) in [6, 6.07) is 5.51. The highest BCUT2D eigenvalue weighted by molar-refractivity contribution is 9.10. The number of nitrogens with two attached hydrogens (primary N) is 1. The van der Waals surface area contributed by atoms with Crippen LogP contribution in [0.1, 0.15) is 12.5 Å². The van der Waals surface area contributed by atoms with Crippen molar-refractivity contribution in [3.63, 3.8) is 0 Å². The van der Waals surface area contributed by atoms with Gasteiger partial charge < -0.3 is 0 Å². The van der Waals surface area contributed by atoms with Gasteiger partial charge in [-0.05, 0) is 30.7 Å². The summed E-state index contributed by atoms with van der Waals surface area (Å²) in [5.41, 5.74) is 1.75. The Morgan fingerprint density at radius 1 is 1.54 bits per heavy atom. The Morgan fingerprint density at radius 2 is 2.15 bits per heavy atom. The van der Waals surface area contributed by atoms with E-state index in [1.165, 1.54) is 6.92 Å². The number of hydrogen-bond acceptors (Lipinski definition) is 2. The van der Waals surface area contributed by atoms with Crippen molar-refractivity contribution in [2.24, 2.45) is 5.84 Å². The Labute approximate surface area is 85.6 Å². The fourth-order valence-electron chi connectivity index (χ4n) is 0.961. The second-order valence-electron chi connectivity index (χ2n) is 2.82. The fourth-order valence-corrected chi connectivity index (χ4v) is 1.21. The van der Waals surface area contributed by atoms with Gasteiger partial charge in [-0.1, -0.05) is 15.9 Å². The minimum absolute atomic E-state index is 0.179. The predicted octanol–water partition coefficient (Wildman–Crippen LogP) is 1.98. The Morgan fingerprint density at radius 3 is 2.62 bits per heavy atom. The standard InChI is InChI=1S/C9H11BrN2O/c1-6-5-8(3-4-9(6)10)12(11)7(2)13/h3-5H,11H2,1-2H3. The number of aryl methyl sites for hydroxylation is 1. The number of halogens is 1. The molecule has 0 aliphatic carbocycles. The fraction of sp³-hybridized carbons (Fsp3) is 0.222. The molecule has 3 nitrogen and oxygen atoms in total. The molecule has 2 N–H and O–H groups in total. The smallest absolute Gasteiger partial charge is 0.238 e. The van der Waals surface area contributed by atoms with Crippen LogP contribution in [0.15, 0.2) is 22.7 Å². The highest BCUT2D eigenvalue weighted by Crippen LogP contribution is 2.21. The van der Waals surface area contributed by atoms with E-state index >= 15 is 0 Å². The van der Waals surface area contributed by atoms with Crippen molar-refractivity contribution in [2.45, 2.75) is 13.8 Å². The lowest BCUT2D eigenvalue weighted by Gasteiger charge is -2.14. The molecule has 70 valence electrons. The largest absolute Gasteiger partial charge is 0.273 e. The maximum Gasteiger partial charge on any atom is 0.238 e. The number of hydrogen-bond donors (Lipinski definition) is 1. The molecule has 0 saturated heterocycles. The molecular formula is C9H11BrN2O. The average molecular weight is 243 g/mol. The molecule has 0 unspecified atom stereocenters. The van der Waals surface area contributed by atoms with E-state index < -0.39 is 0 Å². The molecule has 0 spiro atoms. The molecule has 0 aromatic heterocycles. The van der Waals surface area contributed by atoms with Gasteiger partial charge in [-0.3, -0.25) is 4.79 Å². The molecule has 0 heterocycles. The normalized spacial score (nSPS) is 9.85.